The van der Waals surface area contributed by atoms with Gasteiger partial charge in [0.2, 0.25) is 5.91 Å². The zero-order valence-corrected chi connectivity index (χ0v) is 23.4. The molecule has 0 spiro atoms. The number of nitrogens with one attached hydrogen (secondary N) is 1. The molecule has 0 aromatic heterocycles. The summed E-state index contributed by atoms with van der Waals surface area (Å²) < 4.78 is 18.6. The molecule has 0 aliphatic carbocycles. The number of rotatable bonds is 10. The van der Waals surface area contributed by atoms with Crippen molar-refractivity contribution in [3.05, 3.63) is 95.1 Å². The minimum atomic E-state index is -0.482. The maximum absolute atomic E-state index is 11.3. The second-order valence-corrected chi connectivity index (χ2v) is 10.8. The lowest BCUT2D eigenvalue weighted by Crippen LogP contribution is -2.42. The molecule has 2 aliphatic rings. The zero-order chi connectivity index (χ0) is 27.9. The summed E-state index contributed by atoms with van der Waals surface area (Å²) in [5.74, 6) is -0.0397. The summed E-state index contributed by atoms with van der Waals surface area (Å²) in [5, 5.41) is 12.3. The lowest BCUT2D eigenvalue weighted by atomic mass is 9.98. The number of nitrogens with zero attached hydrogens (tertiary/aromatic N) is 1. The average molecular weight is 545 g/mol. The fourth-order valence-corrected chi connectivity index (χ4v) is 5.73. The molecule has 4 atom stereocenters. The molecule has 0 bridgehead atoms. The van der Waals surface area contributed by atoms with Crippen molar-refractivity contribution in [2.45, 2.75) is 63.9 Å². The van der Waals surface area contributed by atoms with Crippen LogP contribution in [-0.4, -0.2) is 54.9 Å². The molecule has 40 heavy (non-hydrogen) atoms. The molecule has 3 aromatic carbocycles. The van der Waals surface area contributed by atoms with Gasteiger partial charge in [0.15, 0.2) is 6.29 Å². The van der Waals surface area contributed by atoms with E-state index in [1.165, 1.54) is 13.3 Å². The summed E-state index contributed by atoms with van der Waals surface area (Å²) in [4.78, 5) is 13.8. The number of hydrogen-bond donors (Lipinski definition) is 2. The molecule has 7 nitrogen and oxygen atoms in total. The largest absolute Gasteiger partial charge is 0.392 e. The number of benzene rings is 3. The van der Waals surface area contributed by atoms with Crippen LogP contribution in [0.5, 0.6) is 0 Å². The van der Waals surface area contributed by atoms with E-state index in [0.717, 1.165) is 65.9 Å². The number of aliphatic hydroxyl groups is 1. The molecule has 2 saturated heterocycles. The minimum Gasteiger partial charge on any atom is -0.392 e. The molecule has 2 heterocycles. The molecular formula is C33H40N2O5. The quantitative estimate of drug-likeness (QED) is 0.368. The third-order valence-electron chi connectivity index (χ3n) is 7.90. The Hall–Kier alpha value is -3.07. The van der Waals surface area contributed by atoms with Gasteiger partial charge in [-0.15, -0.1) is 0 Å². The van der Waals surface area contributed by atoms with E-state index in [2.05, 4.69) is 58.7 Å². The van der Waals surface area contributed by atoms with Crippen LogP contribution in [0, 0.1) is 0 Å². The van der Waals surface area contributed by atoms with Gasteiger partial charge in [-0.1, -0.05) is 66.7 Å². The molecule has 2 aliphatic heterocycles. The van der Waals surface area contributed by atoms with Crippen molar-refractivity contribution in [1.82, 2.24) is 10.2 Å². The summed E-state index contributed by atoms with van der Waals surface area (Å²) in [5.41, 5.74) is 6.21. The molecular weight excluding hydrogens is 504 g/mol. The van der Waals surface area contributed by atoms with E-state index in [1.54, 1.807) is 7.11 Å². The Morgan fingerprint density at radius 2 is 1.77 bits per heavy atom. The van der Waals surface area contributed by atoms with Crippen molar-refractivity contribution in [3.63, 3.8) is 0 Å². The average Bonchev–Trinajstić information content (AvgIpc) is 3.42. The van der Waals surface area contributed by atoms with Crippen molar-refractivity contribution >= 4 is 5.91 Å². The number of carbonyl (C=O) groups excluding carboxylic acids is 1. The van der Waals surface area contributed by atoms with Crippen molar-refractivity contribution in [1.29, 1.82) is 0 Å². The fourth-order valence-electron chi connectivity index (χ4n) is 5.73. The van der Waals surface area contributed by atoms with Crippen LogP contribution < -0.4 is 5.32 Å². The Labute approximate surface area is 237 Å². The van der Waals surface area contributed by atoms with Crippen LogP contribution >= 0.6 is 0 Å². The van der Waals surface area contributed by atoms with E-state index in [9.17, 15) is 9.90 Å². The van der Waals surface area contributed by atoms with E-state index >= 15 is 0 Å². The van der Waals surface area contributed by atoms with Crippen LogP contribution in [-0.2, 0) is 32.2 Å². The SMILES string of the molecule is COC[C@@H]1CCCN1C[C@@H]1C[C@H](c2ccc(CO)cc2)O[C@H](c2ccc(-c3cccc(CNC(C)=O)c3)cc2)O1. The van der Waals surface area contributed by atoms with Gasteiger partial charge in [0.1, 0.15) is 0 Å². The summed E-state index contributed by atoms with van der Waals surface area (Å²) >= 11 is 0. The Kier molecular flexibility index (Phi) is 9.62. The fraction of sp³-hybridized carbons (Fsp3) is 0.424. The van der Waals surface area contributed by atoms with Gasteiger partial charge < -0.3 is 24.6 Å². The van der Waals surface area contributed by atoms with Gasteiger partial charge >= 0.3 is 0 Å². The first-order valence-corrected chi connectivity index (χ1v) is 14.2. The first-order chi connectivity index (χ1) is 19.5. The molecule has 3 aromatic rings. The van der Waals surface area contributed by atoms with Crippen molar-refractivity contribution in [2.75, 3.05) is 26.8 Å². The second-order valence-electron chi connectivity index (χ2n) is 10.8. The number of hydrogen-bond acceptors (Lipinski definition) is 6. The van der Waals surface area contributed by atoms with E-state index in [4.69, 9.17) is 14.2 Å². The summed E-state index contributed by atoms with van der Waals surface area (Å²) in [6.45, 7) is 4.71. The highest BCUT2D eigenvalue weighted by Crippen LogP contribution is 2.39. The predicted octanol–water partition coefficient (Wildman–Crippen LogP) is 5.14. The van der Waals surface area contributed by atoms with Gasteiger partial charge in [0.05, 0.1) is 25.4 Å². The summed E-state index contributed by atoms with van der Waals surface area (Å²) in [7, 11) is 1.77. The smallest absolute Gasteiger partial charge is 0.217 e. The van der Waals surface area contributed by atoms with Gasteiger partial charge in [-0.3, -0.25) is 9.69 Å². The molecule has 212 valence electrons. The molecule has 0 radical (unpaired) electrons. The molecule has 5 rings (SSSR count). The van der Waals surface area contributed by atoms with Gasteiger partial charge in [-0.25, -0.2) is 0 Å². The normalized spacial score (nSPS) is 23.3. The predicted molar refractivity (Wildman–Crippen MR) is 154 cm³/mol. The number of methoxy groups -OCH3 is 1. The standard InChI is InChI=1S/C33H40N2O5/c1-23(37)34-19-25-5-3-6-29(17-25)26-12-14-28(15-13-26)33-39-31(20-35-16-4-7-30(35)22-38-2)18-32(40-33)27-10-8-24(21-36)9-11-27/h3,5-6,8-15,17,30-33,36H,4,7,16,18-22H2,1-2H3,(H,34,37)/t30-,31-,32+,33+/m0/s1. The lowest BCUT2D eigenvalue weighted by Gasteiger charge is -2.38. The molecule has 0 unspecified atom stereocenters. The Morgan fingerprint density at radius 3 is 2.50 bits per heavy atom. The van der Waals surface area contributed by atoms with E-state index in [1.807, 2.05) is 24.3 Å². The highest BCUT2D eigenvalue weighted by Gasteiger charge is 2.35. The van der Waals surface area contributed by atoms with Crippen molar-refractivity contribution in [3.8, 4) is 11.1 Å². The lowest BCUT2D eigenvalue weighted by molar-refractivity contribution is -0.253. The monoisotopic (exact) mass is 544 g/mol. The maximum Gasteiger partial charge on any atom is 0.217 e. The molecule has 0 saturated carbocycles. The molecule has 7 heteroatoms. The molecule has 1 amide bonds. The zero-order valence-electron chi connectivity index (χ0n) is 23.4. The third-order valence-corrected chi connectivity index (χ3v) is 7.90. The Balaban J connectivity index is 1.34. The highest BCUT2D eigenvalue weighted by molar-refractivity contribution is 5.73. The highest BCUT2D eigenvalue weighted by atomic mass is 16.7. The Bertz CT molecular complexity index is 1250. The van der Waals surface area contributed by atoms with Crippen molar-refractivity contribution in [2.24, 2.45) is 0 Å². The topological polar surface area (TPSA) is 80.3 Å². The van der Waals surface area contributed by atoms with Crippen LogP contribution in [0.25, 0.3) is 11.1 Å². The number of ether oxygens (including phenoxy) is 3. The maximum atomic E-state index is 11.3. The number of carbonyl (C=O) groups is 1. The molecule has 2 N–H and O–H groups in total. The van der Waals surface area contributed by atoms with Crippen LogP contribution in [0.15, 0.2) is 72.8 Å². The van der Waals surface area contributed by atoms with Crippen LogP contribution in [0.4, 0.5) is 0 Å². The number of likely N-dealkylation sites (tertiary alicyclic amines) is 1. The van der Waals surface area contributed by atoms with Gasteiger partial charge in [-0.05, 0) is 53.3 Å². The van der Waals surface area contributed by atoms with E-state index in [-0.39, 0.29) is 24.7 Å². The van der Waals surface area contributed by atoms with E-state index in [0.29, 0.717) is 12.6 Å². The van der Waals surface area contributed by atoms with Crippen LogP contribution in [0.3, 0.4) is 0 Å². The second kappa shape index (κ2) is 13.5. The van der Waals surface area contributed by atoms with Crippen LogP contribution in [0.1, 0.15) is 60.8 Å². The molecule has 2 fully saturated rings. The first kappa shape index (κ1) is 28.5. The summed E-state index contributed by atoms with van der Waals surface area (Å²) in [6, 6.07) is 25.0. The van der Waals surface area contributed by atoms with Crippen LogP contribution in [0.2, 0.25) is 0 Å². The number of amides is 1. The Morgan fingerprint density at radius 1 is 1.00 bits per heavy atom. The third kappa shape index (κ3) is 7.16. The summed E-state index contributed by atoms with van der Waals surface area (Å²) in [6.07, 6.45) is 2.53. The van der Waals surface area contributed by atoms with Gasteiger partial charge in [0, 0.05) is 45.1 Å². The van der Waals surface area contributed by atoms with Gasteiger partial charge in [0.25, 0.3) is 0 Å². The van der Waals surface area contributed by atoms with Gasteiger partial charge in [-0.2, -0.15) is 0 Å². The van der Waals surface area contributed by atoms with Crippen molar-refractivity contribution < 1.29 is 24.1 Å². The minimum absolute atomic E-state index is 0.0175. The first-order valence-electron chi connectivity index (χ1n) is 14.2. The number of aliphatic hydroxyl groups excluding tert-OH is 1. The van der Waals surface area contributed by atoms with E-state index < -0.39 is 6.29 Å².